The van der Waals surface area contributed by atoms with Gasteiger partial charge in [-0.25, -0.2) is 0 Å². The van der Waals surface area contributed by atoms with Crippen molar-refractivity contribution in [3.63, 3.8) is 0 Å². The molecule has 1 amide bonds. The predicted molar refractivity (Wildman–Crippen MR) is 159 cm³/mol. The molecular weight excluding hydrogens is 492 g/mol. The largest absolute Gasteiger partial charge is 0.485 e. The maximum atomic E-state index is 12.7. The van der Waals surface area contributed by atoms with E-state index >= 15 is 0 Å². The van der Waals surface area contributed by atoms with Gasteiger partial charge >= 0.3 is 0 Å². The molecule has 0 aliphatic carbocycles. The van der Waals surface area contributed by atoms with Crippen LogP contribution in [0.4, 0.5) is 17.1 Å². The third-order valence-corrected chi connectivity index (χ3v) is 6.30. The quantitative estimate of drug-likeness (QED) is 0.190. The molecule has 0 atom stereocenters. The van der Waals surface area contributed by atoms with Crippen molar-refractivity contribution in [3.8, 4) is 11.6 Å². The van der Waals surface area contributed by atoms with Crippen LogP contribution in [0.1, 0.15) is 5.69 Å². The molecule has 0 radical (unpaired) electrons. The lowest BCUT2D eigenvalue weighted by atomic mass is 10.2. The van der Waals surface area contributed by atoms with E-state index in [0.29, 0.717) is 23.7 Å². The van der Waals surface area contributed by atoms with E-state index in [4.69, 9.17) is 10.5 Å². The highest BCUT2D eigenvalue weighted by Crippen LogP contribution is 2.36. The van der Waals surface area contributed by atoms with Crippen LogP contribution in [0.5, 0.6) is 5.75 Å². The molecular formula is C29H38N8O2. The number of hydrogen-bond donors (Lipinski definition) is 3. The van der Waals surface area contributed by atoms with Gasteiger partial charge in [0.1, 0.15) is 12.4 Å². The lowest BCUT2D eigenvalue weighted by Gasteiger charge is -2.25. The highest BCUT2D eigenvalue weighted by molar-refractivity contribution is 6.02. The number of ether oxygens (including phenoxy) is 1. The molecule has 0 spiro atoms. The van der Waals surface area contributed by atoms with Gasteiger partial charge in [0, 0.05) is 56.5 Å². The van der Waals surface area contributed by atoms with E-state index in [-0.39, 0.29) is 12.5 Å². The number of nitrogens with two attached hydrogens (primary N) is 1. The van der Waals surface area contributed by atoms with Crippen LogP contribution in [0.25, 0.3) is 16.7 Å². The van der Waals surface area contributed by atoms with E-state index in [2.05, 4.69) is 48.1 Å². The summed E-state index contributed by atoms with van der Waals surface area (Å²) in [6, 6.07) is 15.8. The van der Waals surface area contributed by atoms with Crippen molar-refractivity contribution in [1.82, 2.24) is 24.6 Å². The molecule has 4 aromatic rings. The third-order valence-electron chi connectivity index (χ3n) is 6.30. The fourth-order valence-corrected chi connectivity index (χ4v) is 4.26. The number of carbonyl (C=O) groups excluding carboxylic acids is 1. The molecule has 10 heteroatoms. The van der Waals surface area contributed by atoms with Crippen LogP contribution in [-0.4, -0.2) is 85.3 Å². The fourth-order valence-electron chi connectivity index (χ4n) is 4.26. The van der Waals surface area contributed by atoms with E-state index in [1.807, 2.05) is 70.5 Å². The minimum absolute atomic E-state index is 0.212. The summed E-state index contributed by atoms with van der Waals surface area (Å²) < 4.78 is 8.38. The monoisotopic (exact) mass is 530 g/mol. The van der Waals surface area contributed by atoms with Gasteiger partial charge in [-0.3, -0.25) is 14.5 Å². The summed E-state index contributed by atoms with van der Waals surface area (Å²) in [6.07, 6.45) is 5.16. The van der Waals surface area contributed by atoms with E-state index in [9.17, 15) is 4.79 Å². The molecule has 10 nitrogen and oxygen atoms in total. The van der Waals surface area contributed by atoms with E-state index < -0.39 is 0 Å². The first-order valence-corrected chi connectivity index (χ1v) is 12.9. The van der Waals surface area contributed by atoms with Gasteiger partial charge in [0.05, 0.1) is 28.3 Å². The second-order valence-electron chi connectivity index (χ2n) is 10.0. The van der Waals surface area contributed by atoms with Gasteiger partial charge < -0.3 is 30.5 Å². The lowest BCUT2D eigenvalue weighted by molar-refractivity contribution is -0.111. The Morgan fingerprint density at radius 2 is 1.87 bits per heavy atom. The number of H-pyrrole nitrogens is 1. The van der Waals surface area contributed by atoms with E-state index in [0.717, 1.165) is 41.2 Å². The van der Waals surface area contributed by atoms with Crippen molar-refractivity contribution in [2.75, 3.05) is 70.8 Å². The Bertz CT molecular complexity index is 1420. The Kier molecular flexibility index (Phi) is 8.90. The summed E-state index contributed by atoms with van der Waals surface area (Å²) in [5, 5.41) is 11.4. The van der Waals surface area contributed by atoms with Crippen LogP contribution in [0, 0.1) is 0 Å². The second-order valence-corrected chi connectivity index (χ2v) is 10.0. The summed E-state index contributed by atoms with van der Waals surface area (Å²) >= 11 is 0. The molecule has 0 saturated carbocycles. The van der Waals surface area contributed by atoms with Crippen molar-refractivity contribution in [1.29, 1.82) is 0 Å². The number of carbonyl (C=O) groups is 1. The van der Waals surface area contributed by atoms with Crippen molar-refractivity contribution < 1.29 is 9.53 Å². The Labute approximate surface area is 229 Å². The SMILES string of the molecule is CN(C)C/C=C/C(=O)Nc1cc(N)c(OCc2cc3ccccc3n2-c2cc[nH]n2)cc1N(C)CCN(C)C. The smallest absolute Gasteiger partial charge is 0.248 e. The Balaban J connectivity index is 1.62. The molecule has 0 aliphatic heterocycles. The van der Waals surface area contributed by atoms with Gasteiger partial charge in [-0.15, -0.1) is 0 Å². The standard InChI is InChI=1S/C29H38N8O2/c1-34(2)14-8-11-29(38)32-24-18-23(30)27(19-26(24)36(5)16-15-35(3)4)39-20-22-17-21-9-6-7-10-25(21)37(22)28-12-13-31-33-28/h6-13,17-19H,14-16,20,30H2,1-5H3,(H,31,33)(H,32,38)/b11-8+. The van der Waals surface area contributed by atoms with Crippen molar-refractivity contribution in [2.24, 2.45) is 0 Å². The number of aromatic nitrogens is 3. The van der Waals surface area contributed by atoms with Gasteiger partial charge in [0.15, 0.2) is 5.82 Å². The number of nitrogens with zero attached hydrogens (tertiary/aromatic N) is 5. The average molecular weight is 531 g/mol. The maximum absolute atomic E-state index is 12.7. The molecule has 0 unspecified atom stereocenters. The maximum Gasteiger partial charge on any atom is 0.248 e. The molecule has 0 aliphatic rings. The Morgan fingerprint density at radius 1 is 1.08 bits per heavy atom. The summed E-state index contributed by atoms with van der Waals surface area (Å²) in [5.74, 6) is 1.12. The minimum Gasteiger partial charge on any atom is -0.485 e. The predicted octanol–water partition coefficient (Wildman–Crippen LogP) is 3.57. The Hall–Kier alpha value is -4.28. The number of rotatable bonds is 12. The number of hydrogen-bond acceptors (Lipinski definition) is 7. The zero-order valence-corrected chi connectivity index (χ0v) is 23.3. The number of aromatic amines is 1. The summed E-state index contributed by atoms with van der Waals surface area (Å²) in [5.41, 5.74) is 10.3. The second kappa shape index (κ2) is 12.5. The number of likely N-dealkylation sites (N-methyl/N-ethyl adjacent to an activating group) is 3. The lowest BCUT2D eigenvalue weighted by Crippen LogP contribution is -2.29. The van der Waals surface area contributed by atoms with Crippen LogP contribution < -0.4 is 20.7 Å². The molecule has 0 bridgehead atoms. The van der Waals surface area contributed by atoms with Crippen LogP contribution in [-0.2, 0) is 11.4 Å². The van der Waals surface area contributed by atoms with Gasteiger partial charge in [0.25, 0.3) is 0 Å². The topological polar surface area (TPSA) is 108 Å². The average Bonchev–Trinajstić information content (AvgIpc) is 3.54. The number of nitrogen functional groups attached to an aromatic ring is 1. The van der Waals surface area contributed by atoms with Gasteiger partial charge in [-0.1, -0.05) is 24.3 Å². The zero-order valence-electron chi connectivity index (χ0n) is 23.3. The molecule has 0 fully saturated rings. The molecule has 4 rings (SSSR count). The van der Waals surface area contributed by atoms with Crippen molar-refractivity contribution >= 4 is 33.9 Å². The first-order valence-electron chi connectivity index (χ1n) is 12.9. The number of anilines is 3. The van der Waals surface area contributed by atoms with Gasteiger partial charge in [-0.05, 0) is 46.4 Å². The van der Waals surface area contributed by atoms with E-state index in [1.165, 1.54) is 6.08 Å². The zero-order chi connectivity index (χ0) is 27.9. The number of para-hydroxylation sites is 1. The summed E-state index contributed by atoms with van der Waals surface area (Å²) in [4.78, 5) is 18.8. The van der Waals surface area contributed by atoms with Gasteiger partial charge in [-0.2, -0.15) is 5.10 Å². The highest BCUT2D eigenvalue weighted by Gasteiger charge is 2.17. The molecule has 0 saturated heterocycles. The normalized spacial score (nSPS) is 11.7. The van der Waals surface area contributed by atoms with Crippen molar-refractivity contribution in [2.45, 2.75) is 6.61 Å². The number of fused-ring (bicyclic) bond motifs is 1. The van der Waals surface area contributed by atoms with E-state index in [1.54, 1.807) is 12.3 Å². The minimum atomic E-state index is -0.212. The van der Waals surface area contributed by atoms with Crippen LogP contribution in [0.3, 0.4) is 0 Å². The number of amides is 1. The Morgan fingerprint density at radius 3 is 2.59 bits per heavy atom. The summed E-state index contributed by atoms with van der Waals surface area (Å²) in [6.45, 7) is 2.55. The molecule has 4 N–H and O–H groups in total. The fraction of sp³-hybridized carbons (Fsp3) is 0.310. The first-order chi connectivity index (χ1) is 18.7. The van der Waals surface area contributed by atoms with Crippen LogP contribution in [0.2, 0.25) is 0 Å². The van der Waals surface area contributed by atoms with Crippen LogP contribution >= 0.6 is 0 Å². The highest BCUT2D eigenvalue weighted by atomic mass is 16.5. The van der Waals surface area contributed by atoms with Gasteiger partial charge in [0.2, 0.25) is 5.91 Å². The summed E-state index contributed by atoms with van der Waals surface area (Å²) in [7, 11) is 9.96. The number of benzene rings is 2. The van der Waals surface area contributed by atoms with Crippen molar-refractivity contribution in [3.05, 3.63) is 72.6 Å². The number of nitrogens with one attached hydrogen (secondary N) is 2. The van der Waals surface area contributed by atoms with Crippen LogP contribution in [0.15, 0.2) is 66.9 Å². The molecule has 2 heterocycles. The molecule has 206 valence electrons. The first kappa shape index (κ1) is 27.7. The molecule has 2 aromatic heterocycles. The molecule has 39 heavy (non-hydrogen) atoms. The third kappa shape index (κ3) is 6.98. The molecule has 2 aromatic carbocycles.